The molecule has 0 fully saturated rings. The second kappa shape index (κ2) is 7.26. The number of carbonyl (C=O) groups excluding carboxylic acids is 1. The first-order chi connectivity index (χ1) is 12.0. The average Bonchev–Trinajstić information content (AvgIpc) is 2.94. The van der Waals surface area contributed by atoms with Crippen molar-refractivity contribution < 1.29 is 19.4 Å². The van der Waals surface area contributed by atoms with Gasteiger partial charge in [-0.15, -0.1) is 0 Å². The monoisotopic (exact) mass is 449 g/mol. The number of aliphatic imine (C=N–C) groups is 1. The van der Waals surface area contributed by atoms with Crippen molar-refractivity contribution in [1.29, 1.82) is 0 Å². The quantitative estimate of drug-likeness (QED) is 0.435. The first-order valence-electron chi connectivity index (χ1n) is 7.73. The Morgan fingerprint density at radius 3 is 2.68 bits per heavy atom. The van der Waals surface area contributed by atoms with Crippen LogP contribution in [0.15, 0.2) is 47.1 Å². The van der Waals surface area contributed by atoms with Gasteiger partial charge in [0.1, 0.15) is 0 Å². The summed E-state index contributed by atoms with van der Waals surface area (Å²) in [6.45, 7) is 4.26. The number of ether oxygens (including phenoxy) is 2. The molecule has 2 aromatic carbocycles. The third kappa shape index (κ3) is 3.84. The Morgan fingerprint density at radius 2 is 2.00 bits per heavy atom. The van der Waals surface area contributed by atoms with Gasteiger partial charge in [0, 0.05) is 5.56 Å². The van der Waals surface area contributed by atoms with E-state index in [2.05, 4.69) is 4.99 Å². The summed E-state index contributed by atoms with van der Waals surface area (Å²) in [7, 11) is 0. The van der Waals surface area contributed by atoms with Gasteiger partial charge < -0.3 is 14.6 Å². The van der Waals surface area contributed by atoms with Crippen LogP contribution in [-0.2, 0) is 9.53 Å². The van der Waals surface area contributed by atoms with Crippen LogP contribution in [0.1, 0.15) is 23.6 Å². The largest absolute Gasteiger partial charge is 0.504 e. The number of phenolic OH excluding ortho intramolecular Hbond substituents is 1. The molecule has 3 rings (SSSR count). The molecule has 5 nitrogen and oxygen atoms in total. The Morgan fingerprint density at radius 1 is 1.28 bits per heavy atom. The maximum absolute atomic E-state index is 12.1. The number of phenols is 1. The van der Waals surface area contributed by atoms with E-state index in [9.17, 15) is 9.90 Å². The van der Waals surface area contributed by atoms with Gasteiger partial charge in [0.25, 0.3) is 0 Å². The maximum atomic E-state index is 12.1. The Kier molecular flexibility index (Phi) is 5.08. The summed E-state index contributed by atoms with van der Waals surface area (Å²) in [5, 5.41) is 10.0. The first kappa shape index (κ1) is 17.5. The van der Waals surface area contributed by atoms with Crippen molar-refractivity contribution >= 4 is 40.5 Å². The molecule has 1 aliphatic heterocycles. The molecule has 6 heteroatoms. The van der Waals surface area contributed by atoms with E-state index in [-0.39, 0.29) is 17.3 Å². The highest BCUT2D eigenvalue weighted by molar-refractivity contribution is 14.1. The summed E-state index contributed by atoms with van der Waals surface area (Å²) in [5.41, 5.74) is 2.77. The highest BCUT2D eigenvalue weighted by Crippen LogP contribution is 2.34. The fourth-order valence-electron chi connectivity index (χ4n) is 2.33. The SMILES string of the molecule is CCOc1cc(/C=C2\N=C(c3ccc(C)cc3)OC2=O)cc(I)c1O. The minimum Gasteiger partial charge on any atom is -0.504 e. The fraction of sp³-hybridized carbons (Fsp3) is 0.158. The number of aryl methyl sites for hydroxylation is 1. The van der Waals surface area contributed by atoms with Crippen molar-refractivity contribution in [3.63, 3.8) is 0 Å². The number of aromatic hydroxyl groups is 1. The molecule has 0 amide bonds. The zero-order chi connectivity index (χ0) is 18.0. The van der Waals surface area contributed by atoms with Crippen molar-refractivity contribution in [1.82, 2.24) is 0 Å². The molecule has 1 aliphatic rings. The van der Waals surface area contributed by atoms with Crippen LogP contribution >= 0.6 is 22.6 Å². The van der Waals surface area contributed by atoms with Crippen LogP contribution in [0.4, 0.5) is 0 Å². The van der Waals surface area contributed by atoms with E-state index in [1.54, 1.807) is 18.2 Å². The standard InChI is InChI=1S/C19H16INO4/c1-3-24-16-10-12(8-14(20)17(16)22)9-15-19(23)25-18(21-15)13-6-4-11(2)5-7-13/h4-10,22H,3H2,1-2H3/b15-9-. The summed E-state index contributed by atoms with van der Waals surface area (Å²) in [5.74, 6) is 0.240. The Labute approximate surface area is 159 Å². The van der Waals surface area contributed by atoms with Crippen molar-refractivity contribution in [3.05, 3.63) is 62.4 Å². The van der Waals surface area contributed by atoms with Crippen molar-refractivity contribution in [2.24, 2.45) is 4.99 Å². The minimum atomic E-state index is -0.503. The maximum Gasteiger partial charge on any atom is 0.363 e. The number of hydrogen-bond acceptors (Lipinski definition) is 5. The number of carbonyl (C=O) groups is 1. The summed E-state index contributed by atoms with van der Waals surface area (Å²) < 4.78 is 11.3. The zero-order valence-corrected chi connectivity index (χ0v) is 15.9. The molecule has 0 atom stereocenters. The number of benzene rings is 2. The summed E-state index contributed by atoms with van der Waals surface area (Å²) >= 11 is 2.01. The highest BCUT2D eigenvalue weighted by Gasteiger charge is 2.24. The fourth-order valence-corrected chi connectivity index (χ4v) is 2.95. The van der Waals surface area contributed by atoms with Gasteiger partial charge in [-0.2, -0.15) is 0 Å². The van der Waals surface area contributed by atoms with E-state index in [1.165, 1.54) is 0 Å². The molecule has 25 heavy (non-hydrogen) atoms. The van der Waals surface area contributed by atoms with E-state index >= 15 is 0 Å². The lowest BCUT2D eigenvalue weighted by molar-refractivity contribution is -0.129. The van der Waals surface area contributed by atoms with Crippen LogP contribution in [-0.4, -0.2) is 23.6 Å². The number of hydrogen-bond donors (Lipinski definition) is 1. The molecule has 1 N–H and O–H groups in total. The van der Waals surface area contributed by atoms with Crippen molar-refractivity contribution in [2.75, 3.05) is 6.61 Å². The van der Waals surface area contributed by atoms with E-state index in [0.29, 0.717) is 21.5 Å². The Hall–Kier alpha value is -2.35. The van der Waals surface area contributed by atoms with Gasteiger partial charge in [-0.3, -0.25) is 0 Å². The minimum absolute atomic E-state index is 0.0856. The van der Waals surface area contributed by atoms with Crippen LogP contribution in [0.5, 0.6) is 11.5 Å². The predicted octanol–water partition coefficient (Wildman–Crippen LogP) is 4.05. The van der Waals surface area contributed by atoms with Crippen LogP contribution < -0.4 is 4.74 Å². The number of esters is 1. The van der Waals surface area contributed by atoms with Crippen LogP contribution in [0.3, 0.4) is 0 Å². The van der Waals surface area contributed by atoms with Crippen molar-refractivity contribution in [2.45, 2.75) is 13.8 Å². The van der Waals surface area contributed by atoms with Gasteiger partial charge in [-0.25, -0.2) is 9.79 Å². The number of cyclic esters (lactones) is 1. The second-order valence-corrected chi connectivity index (χ2v) is 6.65. The van der Waals surface area contributed by atoms with E-state index < -0.39 is 5.97 Å². The second-order valence-electron chi connectivity index (χ2n) is 5.48. The van der Waals surface area contributed by atoms with Crippen molar-refractivity contribution in [3.8, 4) is 11.5 Å². The predicted molar refractivity (Wildman–Crippen MR) is 104 cm³/mol. The highest BCUT2D eigenvalue weighted by atomic mass is 127. The van der Waals surface area contributed by atoms with Gasteiger partial charge in [0.15, 0.2) is 17.2 Å². The average molecular weight is 449 g/mol. The third-order valence-electron chi connectivity index (χ3n) is 3.57. The Bertz CT molecular complexity index is 885. The van der Waals surface area contributed by atoms with Gasteiger partial charge >= 0.3 is 5.97 Å². The molecule has 0 saturated carbocycles. The topological polar surface area (TPSA) is 68.1 Å². The summed E-state index contributed by atoms with van der Waals surface area (Å²) in [4.78, 5) is 16.4. The molecule has 0 saturated heterocycles. The number of nitrogens with zero attached hydrogens (tertiary/aromatic N) is 1. The number of halogens is 1. The summed E-state index contributed by atoms with van der Waals surface area (Å²) in [6, 6.07) is 11.0. The van der Waals surface area contributed by atoms with Gasteiger partial charge in [-0.1, -0.05) is 17.7 Å². The molecule has 0 spiro atoms. The third-order valence-corrected chi connectivity index (χ3v) is 4.40. The smallest absolute Gasteiger partial charge is 0.363 e. The lowest BCUT2D eigenvalue weighted by atomic mass is 10.1. The van der Waals surface area contributed by atoms with Crippen LogP contribution in [0, 0.1) is 10.5 Å². The van der Waals surface area contributed by atoms with Gasteiger partial charge in [-0.05, 0) is 72.3 Å². The molecule has 0 radical (unpaired) electrons. The van der Waals surface area contributed by atoms with E-state index in [0.717, 1.165) is 11.1 Å². The van der Waals surface area contributed by atoms with Crippen LogP contribution in [0.2, 0.25) is 0 Å². The lowest BCUT2D eigenvalue weighted by Crippen LogP contribution is -2.05. The summed E-state index contributed by atoms with van der Waals surface area (Å²) in [6.07, 6.45) is 1.62. The molecule has 0 aromatic heterocycles. The zero-order valence-electron chi connectivity index (χ0n) is 13.7. The molecule has 0 unspecified atom stereocenters. The van der Waals surface area contributed by atoms with Gasteiger partial charge in [0.2, 0.25) is 5.90 Å². The normalized spacial score (nSPS) is 15.2. The molecule has 2 aromatic rings. The molecule has 128 valence electrons. The molecule has 0 aliphatic carbocycles. The lowest BCUT2D eigenvalue weighted by Gasteiger charge is -2.08. The molecule has 0 bridgehead atoms. The van der Waals surface area contributed by atoms with Crippen LogP contribution in [0.25, 0.3) is 6.08 Å². The first-order valence-corrected chi connectivity index (χ1v) is 8.80. The van der Waals surface area contributed by atoms with E-state index in [4.69, 9.17) is 9.47 Å². The number of rotatable bonds is 4. The Balaban J connectivity index is 1.95. The van der Waals surface area contributed by atoms with E-state index in [1.807, 2.05) is 60.7 Å². The molecule has 1 heterocycles. The molecular weight excluding hydrogens is 433 g/mol. The van der Waals surface area contributed by atoms with Gasteiger partial charge in [0.05, 0.1) is 10.2 Å². The molecular formula is C19H16INO4.